The van der Waals surface area contributed by atoms with Crippen LogP contribution >= 0.6 is 0 Å². The second-order valence-electron chi connectivity index (χ2n) is 10.3. The molecule has 1 saturated heterocycles. The third-order valence-electron chi connectivity index (χ3n) is 9.50. The standard InChI is InChI=1S/C24H33NO2/c1-22-13-12-21(26)25-20(22)9-8-17-18(22)10-14-23(2)19(17)11-15-24(23,27)16-6-4-3-5-7-16/h3-7,17-20,27H,8-15H2,1-2H3,(H,25,26)/t17-,18+,19+,20-,22-,23+,24-/m1/s1. The molecule has 1 aromatic carbocycles. The van der Waals surface area contributed by atoms with Crippen molar-refractivity contribution in [3.8, 4) is 0 Å². The minimum Gasteiger partial charge on any atom is -0.385 e. The number of carbonyl (C=O) groups excluding carboxylic acids is 1. The number of hydrogen-bond donors (Lipinski definition) is 2. The summed E-state index contributed by atoms with van der Waals surface area (Å²) in [5, 5.41) is 15.2. The highest BCUT2D eigenvalue weighted by molar-refractivity contribution is 5.77. The molecular formula is C24H33NO2. The number of piperidine rings is 1. The van der Waals surface area contributed by atoms with Crippen molar-refractivity contribution < 1.29 is 9.90 Å². The molecule has 4 aliphatic rings. The van der Waals surface area contributed by atoms with E-state index in [4.69, 9.17) is 0 Å². The Hall–Kier alpha value is -1.35. The maximum absolute atomic E-state index is 12.0. The van der Waals surface area contributed by atoms with Crippen LogP contribution in [0, 0.1) is 28.6 Å². The van der Waals surface area contributed by atoms with Crippen molar-refractivity contribution in [3.63, 3.8) is 0 Å². The Morgan fingerprint density at radius 1 is 0.963 bits per heavy atom. The zero-order valence-electron chi connectivity index (χ0n) is 16.7. The predicted molar refractivity (Wildman–Crippen MR) is 106 cm³/mol. The van der Waals surface area contributed by atoms with Crippen LogP contribution in [0.1, 0.15) is 70.8 Å². The molecule has 0 bridgehead atoms. The second kappa shape index (κ2) is 5.83. The van der Waals surface area contributed by atoms with Crippen LogP contribution in [0.3, 0.4) is 0 Å². The van der Waals surface area contributed by atoms with E-state index in [1.807, 2.05) is 6.07 Å². The van der Waals surface area contributed by atoms with Gasteiger partial charge in [-0.1, -0.05) is 44.2 Å². The molecule has 0 spiro atoms. The number of fused-ring (bicyclic) bond motifs is 5. The molecule has 3 nitrogen and oxygen atoms in total. The first-order valence-corrected chi connectivity index (χ1v) is 11.0. The van der Waals surface area contributed by atoms with Gasteiger partial charge in [0.15, 0.2) is 0 Å². The van der Waals surface area contributed by atoms with Crippen LogP contribution in [0.2, 0.25) is 0 Å². The maximum Gasteiger partial charge on any atom is 0.220 e. The van der Waals surface area contributed by atoms with E-state index in [1.165, 1.54) is 12.8 Å². The van der Waals surface area contributed by atoms with Crippen LogP contribution in [0.4, 0.5) is 0 Å². The lowest BCUT2D eigenvalue weighted by molar-refractivity contribution is -0.153. The zero-order valence-corrected chi connectivity index (χ0v) is 16.7. The Morgan fingerprint density at radius 2 is 1.70 bits per heavy atom. The normalized spacial score (nSPS) is 48.9. The Kier molecular flexibility index (Phi) is 3.82. The van der Waals surface area contributed by atoms with E-state index in [0.29, 0.717) is 30.2 Å². The summed E-state index contributed by atoms with van der Waals surface area (Å²) >= 11 is 0. The summed E-state index contributed by atoms with van der Waals surface area (Å²) < 4.78 is 0. The van der Waals surface area contributed by atoms with E-state index in [9.17, 15) is 9.90 Å². The molecule has 146 valence electrons. The molecule has 2 N–H and O–H groups in total. The molecule has 3 saturated carbocycles. The van der Waals surface area contributed by atoms with E-state index in [-0.39, 0.29) is 16.7 Å². The SMILES string of the molecule is C[C@]12CCC(=O)N[C@@H]1CC[C@@H]1[C@@H]2CC[C@@]2(C)[C@H]1CC[C@@]2(O)c1ccccc1. The summed E-state index contributed by atoms with van der Waals surface area (Å²) in [5.74, 6) is 2.22. The van der Waals surface area contributed by atoms with E-state index >= 15 is 0 Å². The highest BCUT2D eigenvalue weighted by Gasteiger charge is 2.65. The van der Waals surface area contributed by atoms with Crippen molar-refractivity contribution in [1.82, 2.24) is 5.32 Å². The van der Waals surface area contributed by atoms with Gasteiger partial charge >= 0.3 is 0 Å². The first-order chi connectivity index (χ1) is 12.9. The van der Waals surface area contributed by atoms with Gasteiger partial charge in [-0.05, 0) is 73.7 Å². The van der Waals surface area contributed by atoms with Crippen LogP contribution in [-0.4, -0.2) is 17.1 Å². The number of aliphatic hydroxyl groups is 1. The quantitative estimate of drug-likeness (QED) is 0.773. The van der Waals surface area contributed by atoms with Gasteiger partial charge in [-0.2, -0.15) is 0 Å². The molecule has 5 rings (SSSR count). The lowest BCUT2D eigenvalue weighted by atomic mass is 9.46. The second-order valence-corrected chi connectivity index (χ2v) is 10.3. The van der Waals surface area contributed by atoms with E-state index < -0.39 is 5.60 Å². The van der Waals surface area contributed by atoms with Crippen LogP contribution < -0.4 is 5.32 Å². The average Bonchev–Trinajstić information content (AvgIpc) is 2.95. The van der Waals surface area contributed by atoms with E-state index in [2.05, 4.69) is 43.4 Å². The summed E-state index contributed by atoms with van der Waals surface area (Å²) in [6, 6.07) is 10.8. The number of nitrogens with one attached hydrogen (secondary N) is 1. The Bertz CT molecular complexity index is 748. The monoisotopic (exact) mass is 367 g/mol. The molecule has 0 unspecified atom stereocenters. The number of benzene rings is 1. The molecule has 3 heteroatoms. The molecule has 4 fully saturated rings. The molecule has 7 atom stereocenters. The zero-order chi connectivity index (χ0) is 18.9. The van der Waals surface area contributed by atoms with Gasteiger partial charge in [-0.15, -0.1) is 0 Å². The molecule has 3 aliphatic carbocycles. The highest BCUT2D eigenvalue weighted by atomic mass is 16.3. The van der Waals surface area contributed by atoms with Crippen molar-refractivity contribution in [1.29, 1.82) is 0 Å². The van der Waals surface area contributed by atoms with Gasteiger partial charge in [0.25, 0.3) is 0 Å². The minimum absolute atomic E-state index is 0.0311. The van der Waals surface area contributed by atoms with Crippen molar-refractivity contribution in [2.24, 2.45) is 28.6 Å². The minimum atomic E-state index is -0.692. The number of carbonyl (C=O) groups is 1. The number of amides is 1. The molecule has 1 aliphatic heterocycles. The molecule has 1 heterocycles. The summed E-state index contributed by atoms with van der Waals surface area (Å²) in [5.41, 5.74) is 0.628. The van der Waals surface area contributed by atoms with E-state index in [1.54, 1.807) is 0 Å². The van der Waals surface area contributed by atoms with Crippen LogP contribution in [-0.2, 0) is 10.4 Å². The third kappa shape index (κ3) is 2.27. The molecule has 27 heavy (non-hydrogen) atoms. The summed E-state index contributed by atoms with van der Waals surface area (Å²) in [7, 11) is 0. The lowest BCUT2D eigenvalue weighted by Gasteiger charge is -2.61. The van der Waals surface area contributed by atoms with Crippen molar-refractivity contribution >= 4 is 5.91 Å². The first-order valence-electron chi connectivity index (χ1n) is 11.0. The Balaban J connectivity index is 1.48. The average molecular weight is 368 g/mol. The lowest BCUT2D eigenvalue weighted by Crippen LogP contribution is -2.61. The van der Waals surface area contributed by atoms with Gasteiger partial charge < -0.3 is 10.4 Å². The van der Waals surface area contributed by atoms with Crippen molar-refractivity contribution in [3.05, 3.63) is 35.9 Å². The van der Waals surface area contributed by atoms with Gasteiger partial charge in [0.05, 0.1) is 5.60 Å². The molecule has 1 aromatic rings. The molecule has 0 radical (unpaired) electrons. The molecular weight excluding hydrogens is 334 g/mol. The fourth-order valence-electron chi connectivity index (χ4n) is 7.91. The summed E-state index contributed by atoms with van der Waals surface area (Å²) in [4.78, 5) is 12.0. The number of rotatable bonds is 1. The highest BCUT2D eigenvalue weighted by Crippen LogP contribution is 2.68. The van der Waals surface area contributed by atoms with Crippen molar-refractivity contribution in [2.75, 3.05) is 0 Å². The summed E-state index contributed by atoms with van der Waals surface area (Å²) in [6.07, 6.45) is 8.35. The maximum atomic E-state index is 12.0. The first kappa shape index (κ1) is 17.7. The van der Waals surface area contributed by atoms with Crippen LogP contribution in [0.5, 0.6) is 0 Å². The fraction of sp³-hybridized carbons (Fsp3) is 0.708. The fourth-order valence-corrected chi connectivity index (χ4v) is 7.91. The Labute approximate surface area is 162 Å². The predicted octanol–water partition coefficient (Wildman–Crippen LogP) is 4.40. The Morgan fingerprint density at radius 3 is 2.48 bits per heavy atom. The van der Waals surface area contributed by atoms with E-state index in [0.717, 1.165) is 37.7 Å². The van der Waals surface area contributed by atoms with Crippen LogP contribution in [0.15, 0.2) is 30.3 Å². The number of hydrogen-bond acceptors (Lipinski definition) is 2. The third-order valence-corrected chi connectivity index (χ3v) is 9.50. The smallest absolute Gasteiger partial charge is 0.220 e. The van der Waals surface area contributed by atoms with Crippen molar-refractivity contribution in [2.45, 2.75) is 76.9 Å². The summed E-state index contributed by atoms with van der Waals surface area (Å²) in [6.45, 7) is 4.81. The molecule has 0 aromatic heterocycles. The van der Waals surface area contributed by atoms with Gasteiger partial charge in [0, 0.05) is 17.9 Å². The molecule has 1 amide bonds. The van der Waals surface area contributed by atoms with Crippen LogP contribution in [0.25, 0.3) is 0 Å². The van der Waals surface area contributed by atoms with Gasteiger partial charge in [0.2, 0.25) is 5.91 Å². The van der Waals surface area contributed by atoms with Gasteiger partial charge in [-0.25, -0.2) is 0 Å². The topological polar surface area (TPSA) is 49.3 Å². The van der Waals surface area contributed by atoms with Gasteiger partial charge in [-0.3, -0.25) is 4.79 Å². The largest absolute Gasteiger partial charge is 0.385 e. The van der Waals surface area contributed by atoms with Gasteiger partial charge in [0.1, 0.15) is 0 Å².